The van der Waals surface area contributed by atoms with E-state index >= 15 is 0 Å². The van der Waals surface area contributed by atoms with Gasteiger partial charge < -0.3 is 14.4 Å². The smallest absolute Gasteiger partial charge is 0.360 e. The SMILES string of the molecule is CO/N=C(/C(=O)OC)c1ccc(CO/N=C(\C)c2ccc(C)cc2)c(C)c1. The van der Waals surface area contributed by atoms with Gasteiger partial charge in [0.05, 0.1) is 12.8 Å². The number of aryl methyl sites for hydroxylation is 2. The summed E-state index contributed by atoms with van der Waals surface area (Å²) in [6, 6.07) is 13.6. The van der Waals surface area contributed by atoms with Gasteiger partial charge in [-0.3, -0.25) is 0 Å². The number of carbonyl (C=O) groups is 1. The molecule has 0 saturated heterocycles. The molecule has 2 aromatic carbocycles. The van der Waals surface area contributed by atoms with Crippen LogP contribution in [0.3, 0.4) is 0 Å². The maximum Gasteiger partial charge on any atom is 0.360 e. The summed E-state index contributed by atoms with van der Waals surface area (Å²) in [6.45, 7) is 6.21. The van der Waals surface area contributed by atoms with Crippen LogP contribution >= 0.6 is 0 Å². The molecule has 0 aromatic heterocycles. The molecule has 142 valence electrons. The number of methoxy groups -OCH3 is 1. The van der Waals surface area contributed by atoms with Gasteiger partial charge >= 0.3 is 5.97 Å². The molecule has 6 heteroatoms. The van der Waals surface area contributed by atoms with Crippen molar-refractivity contribution < 1.29 is 19.2 Å². The van der Waals surface area contributed by atoms with Crippen molar-refractivity contribution in [1.82, 2.24) is 0 Å². The van der Waals surface area contributed by atoms with Gasteiger partial charge in [0.25, 0.3) is 0 Å². The Morgan fingerprint density at radius 2 is 1.63 bits per heavy atom. The average Bonchev–Trinajstić information content (AvgIpc) is 2.67. The molecule has 6 nitrogen and oxygen atoms in total. The zero-order chi connectivity index (χ0) is 19.8. The van der Waals surface area contributed by atoms with Crippen molar-refractivity contribution >= 4 is 17.4 Å². The topological polar surface area (TPSA) is 69.5 Å². The van der Waals surface area contributed by atoms with Crippen molar-refractivity contribution in [2.24, 2.45) is 10.3 Å². The Bertz CT molecular complexity index is 855. The summed E-state index contributed by atoms with van der Waals surface area (Å²) in [7, 11) is 2.68. The average molecular weight is 368 g/mol. The van der Waals surface area contributed by atoms with Gasteiger partial charge in [-0.25, -0.2) is 4.79 Å². The number of hydrogen-bond acceptors (Lipinski definition) is 6. The van der Waals surface area contributed by atoms with Crippen LogP contribution in [0, 0.1) is 13.8 Å². The third-order valence-electron chi connectivity index (χ3n) is 4.07. The maximum absolute atomic E-state index is 11.8. The van der Waals surface area contributed by atoms with E-state index in [9.17, 15) is 4.79 Å². The zero-order valence-electron chi connectivity index (χ0n) is 16.3. The molecule has 2 rings (SSSR count). The lowest BCUT2D eigenvalue weighted by Crippen LogP contribution is -2.18. The Balaban J connectivity index is 2.09. The second kappa shape index (κ2) is 9.52. The second-order valence-electron chi connectivity index (χ2n) is 6.07. The highest BCUT2D eigenvalue weighted by Gasteiger charge is 2.16. The molecule has 0 unspecified atom stereocenters. The third-order valence-corrected chi connectivity index (χ3v) is 4.07. The van der Waals surface area contributed by atoms with E-state index in [0.717, 1.165) is 22.4 Å². The molecule has 0 amide bonds. The van der Waals surface area contributed by atoms with Crippen LogP contribution in [0.25, 0.3) is 0 Å². The Hall–Kier alpha value is -3.15. The van der Waals surface area contributed by atoms with Gasteiger partial charge in [-0.1, -0.05) is 52.3 Å². The van der Waals surface area contributed by atoms with E-state index in [4.69, 9.17) is 14.4 Å². The van der Waals surface area contributed by atoms with Crippen molar-refractivity contribution in [3.63, 3.8) is 0 Å². The van der Waals surface area contributed by atoms with E-state index in [2.05, 4.69) is 10.3 Å². The standard InChI is InChI=1S/C21H24N2O4/c1-14-6-8-17(9-7-14)16(3)22-27-13-19-11-10-18(12-15(19)2)20(23-26-5)21(24)25-4/h6-12H,13H2,1-5H3/b22-16+,23-20+. The van der Waals surface area contributed by atoms with E-state index < -0.39 is 5.97 Å². The molecule has 0 atom stereocenters. The first kappa shape index (κ1) is 20.2. The van der Waals surface area contributed by atoms with Crippen LogP contribution in [0.1, 0.15) is 34.7 Å². The van der Waals surface area contributed by atoms with E-state index in [-0.39, 0.29) is 5.71 Å². The van der Waals surface area contributed by atoms with E-state index in [0.29, 0.717) is 12.2 Å². The number of nitrogens with zero attached hydrogens (tertiary/aromatic N) is 2. The van der Waals surface area contributed by atoms with Gasteiger partial charge in [0.1, 0.15) is 13.7 Å². The fourth-order valence-electron chi connectivity index (χ4n) is 2.45. The molecule has 0 spiro atoms. The van der Waals surface area contributed by atoms with Crippen LogP contribution in [0.4, 0.5) is 0 Å². The predicted molar refractivity (Wildman–Crippen MR) is 105 cm³/mol. The van der Waals surface area contributed by atoms with Gasteiger partial charge in [-0.05, 0) is 43.5 Å². The summed E-state index contributed by atoms with van der Waals surface area (Å²) in [6.07, 6.45) is 0. The summed E-state index contributed by atoms with van der Waals surface area (Å²) in [5.74, 6) is -0.557. The van der Waals surface area contributed by atoms with Crippen molar-refractivity contribution in [1.29, 1.82) is 0 Å². The first-order chi connectivity index (χ1) is 13.0. The summed E-state index contributed by atoms with van der Waals surface area (Å²) in [5.41, 5.74) is 5.67. The molecular formula is C21H24N2O4. The number of benzene rings is 2. The predicted octanol–water partition coefficient (Wildman–Crippen LogP) is 3.77. The number of carbonyl (C=O) groups excluding carboxylic acids is 1. The molecule has 0 bridgehead atoms. The molecular weight excluding hydrogens is 344 g/mol. The highest BCUT2D eigenvalue weighted by atomic mass is 16.6. The molecule has 0 aliphatic carbocycles. The molecule has 2 aromatic rings. The van der Waals surface area contributed by atoms with Crippen LogP contribution in [0.2, 0.25) is 0 Å². The third kappa shape index (κ3) is 5.41. The van der Waals surface area contributed by atoms with Gasteiger partial charge in [0.2, 0.25) is 0 Å². The minimum absolute atomic E-state index is 0.115. The molecule has 0 aliphatic rings. The van der Waals surface area contributed by atoms with Crippen molar-refractivity contribution in [3.8, 4) is 0 Å². The molecule has 0 fully saturated rings. The van der Waals surface area contributed by atoms with Crippen molar-refractivity contribution in [2.45, 2.75) is 27.4 Å². The lowest BCUT2D eigenvalue weighted by molar-refractivity contribution is -0.132. The molecule has 0 radical (unpaired) electrons. The summed E-state index contributed by atoms with van der Waals surface area (Å²) >= 11 is 0. The molecule has 0 saturated carbocycles. The first-order valence-electron chi connectivity index (χ1n) is 8.49. The van der Waals surface area contributed by atoms with Crippen LogP contribution in [-0.4, -0.2) is 31.6 Å². The van der Waals surface area contributed by atoms with Crippen molar-refractivity contribution in [2.75, 3.05) is 14.2 Å². The van der Waals surface area contributed by atoms with Crippen LogP contribution in [-0.2, 0) is 25.8 Å². The quantitative estimate of drug-likeness (QED) is 0.424. The van der Waals surface area contributed by atoms with E-state index in [1.54, 1.807) is 6.07 Å². The highest BCUT2D eigenvalue weighted by molar-refractivity contribution is 6.43. The Kier molecular flexibility index (Phi) is 7.11. The van der Waals surface area contributed by atoms with Crippen LogP contribution in [0.5, 0.6) is 0 Å². The lowest BCUT2D eigenvalue weighted by atomic mass is 10.0. The fraction of sp³-hybridized carbons (Fsp3) is 0.286. The minimum atomic E-state index is -0.557. The number of oxime groups is 2. The summed E-state index contributed by atoms with van der Waals surface area (Å²) in [5, 5.41) is 7.94. The number of rotatable bonds is 7. The monoisotopic (exact) mass is 368 g/mol. The molecule has 0 heterocycles. The van der Waals surface area contributed by atoms with Crippen molar-refractivity contribution in [3.05, 3.63) is 70.3 Å². The molecule has 0 aliphatic heterocycles. The zero-order valence-corrected chi connectivity index (χ0v) is 16.3. The van der Waals surface area contributed by atoms with E-state index in [1.807, 2.05) is 57.2 Å². The largest absolute Gasteiger partial charge is 0.464 e. The number of ether oxygens (including phenoxy) is 1. The maximum atomic E-state index is 11.8. The summed E-state index contributed by atoms with van der Waals surface area (Å²) < 4.78 is 4.74. The van der Waals surface area contributed by atoms with Gasteiger partial charge in [-0.2, -0.15) is 0 Å². The first-order valence-corrected chi connectivity index (χ1v) is 8.49. The highest BCUT2D eigenvalue weighted by Crippen LogP contribution is 2.15. The van der Waals surface area contributed by atoms with E-state index in [1.165, 1.54) is 19.8 Å². The van der Waals surface area contributed by atoms with Gasteiger partial charge in [-0.15, -0.1) is 0 Å². The second-order valence-corrected chi connectivity index (χ2v) is 6.07. The number of hydrogen-bond donors (Lipinski definition) is 0. The fourth-order valence-corrected chi connectivity index (χ4v) is 2.45. The molecule has 27 heavy (non-hydrogen) atoms. The number of esters is 1. The minimum Gasteiger partial charge on any atom is -0.464 e. The Morgan fingerprint density at radius 3 is 2.22 bits per heavy atom. The summed E-state index contributed by atoms with van der Waals surface area (Å²) in [4.78, 5) is 22.1. The van der Waals surface area contributed by atoms with Gasteiger partial charge in [0.15, 0.2) is 5.71 Å². The van der Waals surface area contributed by atoms with Gasteiger partial charge in [0, 0.05) is 5.56 Å². The normalized spacial score (nSPS) is 11.9. The Labute approximate surface area is 159 Å². The Morgan fingerprint density at radius 1 is 0.963 bits per heavy atom. The van der Waals surface area contributed by atoms with Crippen LogP contribution in [0.15, 0.2) is 52.8 Å². The lowest BCUT2D eigenvalue weighted by Gasteiger charge is -2.09. The van der Waals surface area contributed by atoms with Crippen LogP contribution < -0.4 is 0 Å². The molecule has 0 N–H and O–H groups in total.